The first-order chi connectivity index (χ1) is 23.3. The van der Waals surface area contributed by atoms with Crippen molar-refractivity contribution < 1.29 is 33.8 Å². The number of rotatable bonds is 6. The number of phenols is 1. The third-order valence-electron chi connectivity index (χ3n) is 10.4. The molecule has 3 aromatic rings. The van der Waals surface area contributed by atoms with Gasteiger partial charge in [-0.15, -0.1) is 23.2 Å². The topological polar surface area (TPSA) is 113 Å². The Labute approximate surface area is 297 Å². The Kier molecular flexibility index (Phi) is 8.08. The van der Waals surface area contributed by atoms with Crippen molar-refractivity contribution in [3.63, 3.8) is 0 Å². The summed E-state index contributed by atoms with van der Waals surface area (Å²) in [6, 6.07) is 16.9. The third kappa shape index (κ3) is 4.81. The average Bonchev–Trinajstić information content (AvgIpc) is 3.43. The molecule has 7 rings (SSSR count). The molecule has 1 saturated carbocycles. The minimum atomic E-state index is -2.01. The molecule has 4 aliphatic rings. The molecular formula is C37H31Cl3N2O7. The van der Waals surface area contributed by atoms with Crippen LogP contribution in [-0.4, -0.2) is 64.7 Å². The van der Waals surface area contributed by atoms with E-state index in [0.29, 0.717) is 22.8 Å². The summed E-state index contributed by atoms with van der Waals surface area (Å²) in [6.07, 6.45) is 5.62. The van der Waals surface area contributed by atoms with E-state index in [1.807, 2.05) is 36.4 Å². The maximum atomic E-state index is 14.3. The molecule has 9 nitrogen and oxygen atoms in total. The van der Waals surface area contributed by atoms with E-state index in [1.165, 1.54) is 30.1 Å². The highest BCUT2D eigenvalue weighted by Crippen LogP contribution is 2.66. The fraction of sp³-hybridized carbons (Fsp3) is 0.297. The molecular weight excluding hydrogens is 691 g/mol. The number of amides is 4. The van der Waals surface area contributed by atoms with Crippen LogP contribution in [0.4, 0.5) is 5.69 Å². The van der Waals surface area contributed by atoms with E-state index in [9.17, 15) is 24.3 Å². The zero-order valence-corrected chi connectivity index (χ0v) is 28.9. The van der Waals surface area contributed by atoms with Gasteiger partial charge in [-0.25, -0.2) is 0 Å². The van der Waals surface area contributed by atoms with Crippen LogP contribution in [0.25, 0.3) is 12.2 Å². The number of phenolic OH excluding ortho intramolecular Hbond substituents is 1. The number of fused-ring (bicyclic) bond motifs is 4. The normalized spacial score (nSPS) is 29.2. The Balaban J connectivity index is 1.23. The summed E-state index contributed by atoms with van der Waals surface area (Å²) in [5, 5.41) is 11.3. The second-order valence-electron chi connectivity index (χ2n) is 12.7. The molecule has 2 saturated heterocycles. The van der Waals surface area contributed by atoms with Crippen molar-refractivity contribution in [3.05, 3.63) is 94.0 Å². The van der Waals surface area contributed by atoms with Gasteiger partial charge < -0.3 is 14.6 Å². The molecule has 0 bridgehead atoms. The molecule has 0 unspecified atom stereocenters. The number of imide groups is 2. The number of ether oxygens (including phenoxy) is 2. The molecule has 2 heterocycles. The third-order valence-corrected chi connectivity index (χ3v) is 12.0. The van der Waals surface area contributed by atoms with Gasteiger partial charge in [0, 0.05) is 29.1 Å². The average molecular weight is 722 g/mol. The molecule has 252 valence electrons. The lowest BCUT2D eigenvalue weighted by atomic mass is 9.56. The number of benzene rings is 3. The van der Waals surface area contributed by atoms with E-state index in [0.717, 1.165) is 16.0 Å². The molecule has 6 atom stereocenters. The van der Waals surface area contributed by atoms with E-state index in [-0.39, 0.29) is 35.1 Å². The zero-order valence-electron chi connectivity index (χ0n) is 26.7. The maximum Gasteiger partial charge on any atom is 0.253 e. The molecule has 12 heteroatoms. The van der Waals surface area contributed by atoms with Gasteiger partial charge in [0.15, 0.2) is 9.75 Å². The van der Waals surface area contributed by atoms with Crippen molar-refractivity contribution in [2.45, 2.75) is 28.5 Å². The van der Waals surface area contributed by atoms with Gasteiger partial charge in [-0.1, -0.05) is 47.5 Å². The summed E-state index contributed by atoms with van der Waals surface area (Å²) in [4.78, 5) is 53.7. The quantitative estimate of drug-likeness (QED) is 0.135. The van der Waals surface area contributed by atoms with E-state index in [2.05, 4.69) is 0 Å². The predicted octanol–water partition coefficient (Wildman–Crippen LogP) is 6.43. The van der Waals surface area contributed by atoms with Gasteiger partial charge >= 0.3 is 0 Å². The van der Waals surface area contributed by atoms with Crippen LogP contribution in [0.15, 0.2) is 72.3 Å². The number of anilines is 1. The largest absolute Gasteiger partial charge is 0.508 e. The number of hydrogen-bond donors (Lipinski definition) is 1. The lowest BCUT2D eigenvalue weighted by Gasteiger charge is -2.50. The van der Waals surface area contributed by atoms with Crippen molar-refractivity contribution in [3.8, 4) is 17.2 Å². The molecule has 49 heavy (non-hydrogen) atoms. The van der Waals surface area contributed by atoms with E-state index < -0.39 is 51.1 Å². The zero-order chi connectivity index (χ0) is 35.0. The number of likely N-dealkylation sites (tertiary alicyclic amines) is 1. The summed E-state index contributed by atoms with van der Waals surface area (Å²) in [6.45, 7) is 0. The van der Waals surface area contributed by atoms with Gasteiger partial charge in [0.25, 0.3) is 11.8 Å². The second kappa shape index (κ2) is 11.9. The van der Waals surface area contributed by atoms with Crippen LogP contribution in [-0.2, 0) is 19.2 Å². The van der Waals surface area contributed by atoms with E-state index >= 15 is 0 Å². The van der Waals surface area contributed by atoms with Gasteiger partial charge in [-0.2, -0.15) is 0 Å². The fourth-order valence-electron chi connectivity index (χ4n) is 7.99. The number of hydrogen-bond acceptors (Lipinski definition) is 7. The fourth-order valence-corrected chi connectivity index (χ4v) is 9.18. The number of allylic oxidation sites excluding steroid dienone is 2. The highest BCUT2D eigenvalue weighted by atomic mass is 35.5. The molecule has 2 aliphatic carbocycles. The summed E-state index contributed by atoms with van der Waals surface area (Å²) >= 11 is 20.7. The lowest BCUT2D eigenvalue weighted by molar-refractivity contribution is -0.138. The van der Waals surface area contributed by atoms with Crippen LogP contribution in [0.2, 0.25) is 5.02 Å². The van der Waals surface area contributed by atoms with Crippen molar-refractivity contribution in [1.82, 2.24) is 4.90 Å². The first kappa shape index (κ1) is 33.2. The standard InChI is InChI=1S/C37H31Cl3N2O7/c1-41-34(46)36(39)18-27-24(31(37(36,40)35(41)47)26-17-21(38)8-14-28(26)43)12-13-25-30(27)33(45)42(32(25)44)22-9-5-19(6-10-22)4-7-20-16-23(48-2)11-15-29(20)49-3/h4-12,14-17,25,27,30-31,43H,13,18H2,1-3H3/t25-,27+,30-,31+,36+,37-/m0/s1. The minimum absolute atomic E-state index is 0.151. The summed E-state index contributed by atoms with van der Waals surface area (Å²) in [5.74, 6) is -4.47. The highest BCUT2D eigenvalue weighted by Gasteiger charge is 2.76. The first-order valence-electron chi connectivity index (χ1n) is 15.6. The van der Waals surface area contributed by atoms with Crippen LogP contribution >= 0.6 is 34.8 Å². The highest BCUT2D eigenvalue weighted by molar-refractivity contribution is 6.53. The molecule has 4 amide bonds. The number of halogens is 3. The van der Waals surface area contributed by atoms with Crippen LogP contribution in [0.3, 0.4) is 0 Å². The molecule has 3 aromatic carbocycles. The molecule has 0 aromatic heterocycles. The summed E-state index contributed by atoms with van der Waals surface area (Å²) in [5.41, 5.74) is 2.81. The van der Waals surface area contributed by atoms with Gasteiger partial charge in [0.05, 0.1) is 31.7 Å². The van der Waals surface area contributed by atoms with E-state index in [4.69, 9.17) is 44.3 Å². The number of aromatic hydroxyl groups is 1. The molecule has 0 radical (unpaired) electrons. The minimum Gasteiger partial charge on any atom is -0.508 e. The van der Waals surface area contributed by atoms with Gasteiger partial charge in [-0.3, -0.25) is 29.0 Å². The Bertz CT molecular complexity index is 2000. The number of nitrogens with zero attached hydrogens (tertiary/aromatic N) is 2. The Morgan fingerprint density at radius 1 is 0.878 bits per heavy atom. The number of carbonyl (C=O) groups excluding carboxylic acids is 4. The van der Waals surface area contributed by atoms with Crippen molar-refractivity contribution >= 4 is 76.3 Å². The maximum absolute atomic E-state index is 14.3. The summed E-state index contributed by atoms with van der Waals surface area (Å²) < 4.78 is 10.8. The monoisotopic (exact) mass is 720 g/mol. The van der Waals surface area contributed by atoms with Crippen molar-refractivity contribution in [2.75, 3.05) is 26.2 Å². The molecule has 3 fully saturated rings. The smallest absolute Gasteiger partial charge is 0.253 e. The number of methoxy groups -OCH3 is 2. The second-order valence-corrected chi connectivity index (χ2v) is 14.4. The van der Waals surface area contributed by atoms with Crippen LogP contribution in [0.1, 0.15) is 35.4 Å². The SMILES string of the molecule is COc1ccc(OC)c(C=Cc2ccc(N3C(=O)[C@H]4[C@H](CC=C5[C@H]4C[C@@]4(Cl)C(=O)N(C)C(=O)[C@@]4(Cl)[C@H]5c4cc(Cl)ccc4O)C3=O)cc2)c1. The van der Waals surface area contributed by atoms with E-state index in [1.54, 1.807) is 38.5 Å². The van der Waals surface area contributed by atoms with Crippen molar-refractivity contribution in [1.29, 1.82) is 0 Å². The van der Waals surface area contributed by atoms with Gasteiger partial charge in [0.1, 0.15) is 17.2 Å². The predicted molar refractivity (Wildman–Crippen MR) is 186 cm³/mol. The van der Waals surface area contributed by atoms with Crippen LogP contribution in [0.5, 0.6) is 17.2 Å². The van der Waals surface area contributed by atoms with Crippen LogP contribution in [0, 0.1) is 17.8 Å². The van der Waals surface area contributed by atoms with Gasteiger partial charge in [0.2, 0.25) is 11.8 Å². The van der Waals surface area contributed by atoms with Crippen LogP contribution < -0.4 is 14.4 Å². The molecule has 1 N–H and O–H groups in total. The van der Waals surface area contributed by atoms with Gasteiger partial charge in [-0.05, 0) is 72.9 Å². The molecule has 0 spiro atoms. The Morgan fingerprint density at radius 3 is 2.31 bits per heavy atom. The first-order valence-corrected chi connectivity index (χ1v) is 16.8. The Morgan fingerprint density at radius 2 is 1.61 bits per heavy atom. The Hall–Kier alpha value is -4.31. The number of carbonyl (C=O) groups is 4. The number of alkyl halides is 2. The summed E-state index contributed by atoms with van der Waals surface area (Å²) in [7, 11) is 4.49. The van der Waals surface area contributed by atoms with Crippen molar-refractivity contribution in [2.24, 2.45) is 17.8 Å². The molecule has 2 aliphatic heterocycles. The lowest BCUT2D eigenvalue weighted by Crippen LogP contribution is -2.60.